The maximum atomic E-state index is 9.56. The summed E-state index contributed by atoms with van der Waals surface area (Å²) < 4.78 is 0. The smallest absolute Gasteiger partial charge is 0.120 e. The first kappa shape index (κ1) is 12.4. The van der Waals surface area contributed by atoms with Gasteiger partial charge in [-0.2, -0.15) is 11.8 Å². The minimum atomic E-state index is 0.377. The Bertz CT molecular complexity index is 291. The van der Waals surface area contributed by atoms with Crippen molar-refractivity contribution in [2.24, 2.45) is 0 Å². The molecule has 1 atom stereocenters. The van der Waals surface area contributed by atoms with E-state index < -0.39 is 0 Å². The predicted molar refractivity (Wildman–Crippen MR) is 67.4 cm³/mol. The van der Waals surface area contributed by atoms with Gasteiger partial charge >= 0.3 is 0 Å². The van der Waals surface area contributed by atoms with Gasteiger partial charge in [-0.1, -0.05) is 18.2 Å². The number of phenols is 1. The minimum absolute atomic E-state index is 0.377. The normalized spacial score (nSPS) is 12.7. The molecule has 0 aliphatic rings. The molecule has 2 N–H and O–H groups in total. The van der Waals surface area contributed by atoms with Crippen LogP contribution in [0.15, 0.2) is 24.3 Å². The second-order valence-electron chi connectivity index (χ2n) is 3.69. The fraction of sp³-hybridized carbons (Fsp3) is 0.500. The van der Waals surface area contributed by atoms with Crippen molar-refractivity contribution in [3.05, 3.63) is 29.8 Å². The molecule has 0 spiro atoms. The first-order valence-corrected chi connectivity index (χ1v) is 6.62. The molecular formula is C12H19NOS. The van der Waals surface area contributed by atoms with E-state index in [0.29, 0.717) is 11.8 Å². The maximum Gasteiger partial charge on any atom is 0.120 e. The lowest BCUT2D eigenvalue weighted by Crippen LogP contribution is -2.25. The zero-order valence-electron chi connectivity index (χ0n) is 9.36. The quantitative estimate of drug-likeness (QED) is 0.780. The summed E-state index contributed by atoms with van der Waals surface area (Å²) in [4.78, 5) is 0. The number of aromatic hydroxyl groups is 1. The molecule has 1 aromatic rings. The molecule has 0 saturated heterocycles. The van der Waals surface area contributed by atoms with Gasteiger partial charge in [0, 0.05) is 18.2 Å². The van der Waals surface area contributed by atoms with E-state index in [4.69, 9.17) is 0 Å². The lowest BCUT2D eigenvalue weighted by atomic mass is 10.2. The van der Waals surface area contributed by atoms with Gasteiger partial charge in [-0.05, 0) is 31.4 Å². The number of benzene rings is 1. The summed E-state index contributed by atoms with van der Waals surface area (Å²) in [6, 6.07) is 7.96. The average Bonchev–Trinajstić information content (AvgIpc) is 2.25. The fourth-order valence-electron chi connectivity index (χ4n) is 1.34. The van der Waals surface area contributed by atoms with Crippen molar-refractivity contribution >= 4 is 11.8 Å². The summed E-state index contributed by atoms with van der Waals surface area (Å²) >= 11 is 1.87. The third-order valence-electron chi connectivity index (χ3n) is 2.39. The minimum Gasteiger partial charge on any atom is -0.508 e. The van der Waals surface area contributed by atoms with Gasteiger partial charge in [0.2, 0.25) is 0 Å². The first-order chi connectivity index (χ1) is 7.24. The molecule has 0 amide bonds. The van der Waals surface area contributed by atoms with Crippen molar-refractivity contribution in [1.29, 1.82) is 0 Å². The van der Waals surface area contributed by atoms with Crippen molar-refractivity contribution in [2.45, 2.75) is 25.9 Å². The number of rotatable bonds is 6. The zero-order valence-corrected chi connectivity index (χ0v) is 10.2. The van der Waals surface area contributed by atoms with Crippen LogP contribution in [0.3, 0.4) is 0 Å². The Hall–Kier alpha value is -0.670. The van der Waals surface area contributed by atoms with E-state index in [9.17, 15) is 5.11 Å². The highest BCUT2D eigenvalue weighted by atomic mass is 32.2. The fourth-order valence-corrected chi connectivity index (χ4v) is 1.93. The summed E-state index contributed by atoms with van der Waals surface area (Å²) in [6.07, 6.45) is 3.28. The number of hydrogen-bond donors (Lipinski definition) is 2. The van der Waals surface area contributed by atoms with E-state index in [-0.39, 0.29) is 0 Å². The molecule has 0 aliphatic heterocycles. The van der Waals surface area contributed by atoms with Gasteiger partial charge in [-0.3, -0.25) is 0 Å². The van der Waals surface area contributed by atoms with Gasteiger partial charge in [0.1, 0.15) is 5.75 Å². The molecule has 84 valence electrons. The summed E-state index contributed by atoms with van der Waals surface area (Å²) in [6.45, 7) is 2.92. The van der Waals surface area contributed by atoms with Crippen LogP contribution in [0.1, 0.15) is 18.9 Å². The summed E-state index contributed by atoms with van der Waals surface area (Å²) in [5, 5.41) is 13.0. The molecule has 2 nitrogen and oxygen atoms in total. The molecule has 1 aromatic carbocycles. The first-order valence-electron chi connectivity index (χ1n) is 5.23. The topological polar surface area (TPSA) is 32.3 Å². The summed E-state index contributed by atoms with van der Waals surface area (Å²) in [5.74, 6) is 1.55. The van der Waals surface area contributed by atoms with E-state index in [0.717, 1.165) is 18.5 Å². The van der Waals surface area contributed by atoms with Gasteiger partial charge < -0.3 is 10.4 Å². The number of nitrogens with one attached hydrogen (secondary N) is 1. The largest absolute Gasteiger partial charge is 0.508 e. The molecule has 0 saturated carbocycles. The Morgan fingerprint density at radius 3 is 2.80 bits per heavy atom. The van der Waals surface area contributed by atoms with Crippen LogP contribution < -0.4 is 5.32 Å². The van der Waals surface area contributed by atoms with Crippen LogP contribution in [0.4, 0.5) is 0 Å². The van der Waals surface area contributed by atoms with E-state index in [1.54, 1.807) is 6.07 Å². The average molecular weight is 225 g/mol. The lowest BCUT2D eigenvalue weighted by molar-refractivity contribution is 0.458. The highest BCUT2D eigenvalue weighted by Gasteiger charge is 2.03. The lowest BCUT2D eigenvalue weighted by Gasteiger charge is -2.13. The zero-order chi connectivity index (χ0) is 11.1. The third-order valence-corrected chi connectivity index (χ3v) is 3.03. The standard InChI is InChI=1S/C12H19NOS/c1-10(7-8-15-2)13-9-11-5-3-4-6-12(11)14/h3-6,10,13-14H,7-9H2,1-2H3. The van der Waals surface area contributed by atoms with Crippen LogP contribution in [-0.4, -0.2) is 23.2 Å². The monoisotopic (exact) mass is 225 g/mol. The SMILES string of the molecule is CSCCC(C)NCc1ccccc1O. The van der Waals surface area contributed by atoms with Crippen LogP contribution in [0.2, 0.25) is 0 Å². The molecular weight excluding hydrogens is 206 g/mol. The molecule has 0 aromatic heterocycles. The van der Waals surface area contributed by atoms with Crippen LogP contribution in [0.25, 0.3) is 0 Å². The van der Waals surface area contributed by atoms with E-state index in [2.05, 4.69) is 18.5 Å². The molecule has 0 aliphatic carbocycles. The van der Waals surface area contributed by atoms with E-state index >= 15 is 0 Å². The van der Waals surface area contributed by atoms with E-state index in [1.165, 1.54) is 5.75 Å². The maximum absolute atomic E-state index is 9.56. The van der Waals surface area contributed by atoms with Crippen LogP contribution in [-0.2, 0) is 6.54 Å². The number of para-hydroxylation sites is 1. The Morgan fingerprint density at radius 2 is 2.13 bits per heavy atom. The molecule has 0 bridgehead atoms. The summed E-state index contributed by atoms with van der Waals surface area (Å²) in [7, 11) is 0. The van der Waals surface area contributed by atoms with Crippen molar-refractivity contribution in [3.8, 4) is 5.75 Å². The van der Waals surface area contributed by atoms with Crippen molar-refractivity contribution in [1.82, 2.24) is 5.32 Å². The van der Waals surface area contributed by atoms with Gasteiger partial charge in [0.15, 0.2) is 0 Å². The van der Waals surface area contributed by atoms with Crippen LogP contribution in [0.5, 0.6) is 5.75 Å². The number of thioether (sulfide) groups is 1. The Morgan fingerprint density at radius 1 is 1.40 bits per heavy atom. The number of hydrogen-bond acceptors (Lipinski definition) is 3. The Kier molecular flexibility index (Phi) is 5.58. The highest BCUT2D eigenvalue weighted by molar-refractivity contribution is 7.98. The molecule has 1 unspecified atom stereocenters. The molecule has 0 fully saturated rings. The van der Waals surface area contributed by atoms with Crippen molar-refractivity contribution in [2.75, 3.05) is 12.0 Å². The molecule has 1 rings (SSSR count). The van der Waals surface area contributed by atoms with Gasteiger partial charge in [-0.25, -0.2) is 0 Å². The predicted octanol–water partition coefficient (Wildman–Crippen LogP) is 2.62. The van der Waals surface area contributed by atoms with E-state index in [1.807, 2.05) is 30.0 Å². The van der Waals surface area contributed by atoms with Crippen molar-refractivity contribution < 1.29 is 5.11 Å². The van der Waals surface area contributed by atoms with Crippen LogP contribution >= 0.6 is 11.8 Å². The van der Waals surface area contributed by atoms with Gasteiger partial charge in [0.05, 0.1) is 0 Å². The van der Waals surface area contributed by atoms with Crippen molar-refractivity contribution in [3.63, 3.8) is 0 Å². The molecule has 3 heteroatoms. The second kappa shape index (κ2) is 6.75. The molecule has 15 heavy (non-hydrogen) atoms. The third kappa shape index (κ3) is 4.58. The van der Waals surface area contributed by atoms with Crippen LogP contribution in [0, 0.1) is 0 Å². The Labute approximate surface area is 96.1 Å². The van der Waals surface area contributed by atoms with Gasteiger partial charge in [0.25, 0.3) is 0 Å². The molecule has 0 heterocycles. The number of phenolic OH excluding ortho intramolecular Hbond substituents is 1. The highest BCUT2D eigenvalue weighted by Crippen LogP contribution is 2.15. The van der Waals surface area contributed by atoms with Gasteiger partial charge in [-0.15, -0.1) is 0 Å². The summed E-state index contributed by atoms with van der Waals surface area (Å²) in [5.41, 5.74) is 0.966. The Balaban J connectivity index is 2.33. The second-order valence-corrected chi connectivity index (χ2v) is 4.68. The molecule has 0 radical (unpaired) electrons.